The molecular formula is C38H54N2O3. The third-order valence-corrected chi connectivity index (χ3v) is 6.83. The van der Waals surface area contributed by atoms with Gasteiger partial charge in [0.15, 0.2) is 0 Å². The molecule has 5 heteroatoms. The molecule has 2 N–H and O–H groups in total. The van der Waals surface area contributed by atoms with Crippen molar-refractivity contribution in [1.82, 2.24) is 10.6 Å². The number of amides is 1. The van der Waals surface area contributed by atoms with Crippen molar-refractivity contribution in [2.24, 2.45) is 5.92 Å². The quantitative estimate of drug-likeness (QED) is 0.174. The number of allylic oxidation sites excluding steroid dienone is 1. The molecule has 1 saturated carbocycles. The summed E-state index contributed by atoms with van der Waals surface area (Å²) < 4.78 is 0. The molecule has 0 saturated heterocycles. The Hall–Kier alpha value is -3.57. The standard InChI is InChI=1S/C14H14.C12H15NO2.C8H15NO.C4H10/c1-14(9-10-14)13-8-4-6-11-5-2-3-7-12(11)13;1-2-5-12(15)13-8-10-6-3-4-7-11(10)9-14;1-3-4-8(7-10)5-6-9-2;1-4(2)3/h2-8H,9-10H2,1H3;3-4,6-7,9H,2,5,8H2,1H3,(H,13,15);5,7,9H,3-4,6H2,1-2H3;4H,1-3H3/b;;8-5+;. The number of hydrogen-bond donors (Lipinski definition) is 2. The molecule has 0 bridgehead atoms. The Kier molecular flexibility index (Phi) is 18.4. The lowest BCUT2D eigenvalue weighted by atomic mass is 9.93. The van der Waals surface area contributed by atoms with Gasteiger partial charge in [-0.2, -0.15) is 0 Å². The van der Waals surface area contributed by atoms with Gasteiger partial charge in [-0.25, -0.2) is 0 Å². The highest BCUT2D eigenvalue weighted by molar-refractivity contribution is 5.87. The maximum absolute atomic E-state index is 11.2. The average molecular weight is 587 g/mol. The minimum Gasteiger partial charge on any atom is -0.352 e. The van der Waals surface area contributed by atoms with Crippen molar-refractivity contribution in [1.29, 1.82) is 0 Å². The van der Waals surface area contributed by atoms with Gasteiger partial charge in [-0.05, 0) is 71.5 Å². The summed E-state index contributed by atoms with van der Waals surface area (Å²) in [4.78, 5) is 32.2. The van der Waals surface area contributed by atoms with E-state index in [1.54, 1.807) is 12.1 Å². The van der Waals surface area contributed by atoms with Gasteiger partial charge >= 0.3 is 0 Å². The molecule has 43 heavy (non-hydrogen) atoms. The number of hydrogen-bond acceptors (Lipinski definition) is 4. The molecule has 0 aliphatic heterocycles. The molecule has 3 aromatic rings. The molecule has 0 radical (unpaired) electrons. The predicted molar refractivity (Wildman–Crippen MR) is 183 cm³/mol. The Morgan fingerprint density at radius 3 is 2.07 bits per heavy atom. The van der Waals surface area contributed by atoms with Gasteiger partial charge in [-0.3, -0.25) is 14.4 Å². The van der Waals surface area contributed by atoms with Gasteiger partial charge in [0.05, 0.1) is 0 Å². The Morgan fingerprint density at radius 1 is 0.884 bits per heavy atom. The van der Waals surface area contributed by atoms with Crippen molar-refractivity contribution in [3.63, 3.8) is 0 Å². The highest BCUT2D eigenvalue weighted by Gasteiger charge is 2.39. The van der Waals surface area contributed by atoms with Crippen LogP contribution in [0.4, 0.5) is 0 Å². The van der Waals surface area contributed by atoms with Crippen LogP contribution in [0.2, 0.25) is 0 Å². The van der Waals surface area contributed by atoms with Crippen molar-refractivity contribution in [2.45, 2.75) is 92.0 Å². The number of aldehydes is 2. The summed E-state index contributed by atoms with van der Waals surface area (Å²) in [5.41, 5.74) is 4.40. The number of carbonyl (C=O) groups excluding carboxylic acids is 3. The number of fused-ring (bicyclic) bond motifs is 1. The van der Waals surface area contributed by atoms with Gasteiger partial charge < -0.3 is 10.6 Å². The maximum atomic E-state index is 11.2. The van der Waals surface area contributed by atoms with Crippen molar-refractivity contribution in [3.05, 3.63) is 95.1 Å². The smallest absolute Gasteiger partial charge is 0.220 e. The lowest BCUT2D eigenvalue weighted by molar-refractivity contribution is -0.121. The molecule has 0 unspecified atom stereocenters. The van der Waals surface area contributed by atoms with E-state index in [0.717, 1.165) is 55.4 Å². The predicted octanol–water partition coefficient (Wildman–Crippen LogP) is 8.60. The summed E-state index contributed by atoms with van der Waals surface area (Å²) in [6.45, 7) is 14.1. The van der Waals surface area contributed by atoms with Gasteiger partial charge in [0.25, 0.3) is 0 Å². The molecule has 234 valence electrons. The highest BCUT2D eigenvalue weighted by atomic mass is 16.1. The molecule has 1 aliphatic carbocycles. The van der Waals surface area contributed by atoms with Crippen molar-refractivity contribution < 1.29 is 14.4 Å². The van der Waals surface area contributed by atoms with E-state index in [2.05, 4.69) is 87.7 Å². The fourth-order valence-corrected chi connectivity index (χ4v) is 4.26. The minimum atomic E-state index is 0.0261. The van der Waals surface area contributed by atoms with Crippen LogP contribution in [0.1, 0.15) is 102 Å². The fraction of sp³-hybridized carbons (Fsp3) is 0.447. The number of likely N-dealkylation sites (N-methyl/N-ethyl adjacent to an activating group) is 1. The van der Waals surface area contributed by atoms with Gasteiger partial charge in [0.1, 0.15) is 12.6 Å². The van der Waals surface area contributed by atoms with Crippen LogP contribution in [0.5, 0.6) is 0 Å². The largest absolute Gasteiger partial charge is 0.352 e. The minimum absolute atomic E-state index is 0.0261. The first-order chi connectivity index (χ1) is 20.6. The zero-order valence-electron chi connectivity index (χ0n) is 27.5. The Morgan fingerprint density at radius 2 is 1.49 bits per heavy atom. The van der Waals surface area contributed by atoms with Gasteiger partial charge in [-0.15, -0.1) is 0 Å². The molecule has 0 heterocycles. The topological polar surface area (TPSA) is 75.3 Å². The summed E-state index contributed by atoms with van der Waals surface area (Å²) in [6.07, 6.45) is 9.66. The van der Waals surface area contributed by atoms with E-state index >= 15 is 0 Å². The van der Waals surface area contributed by atoms with E-state index in [4.69, 9.17) is 0 Å². The monoisotopic (exact) mass is 586 g/mol. The lowest BCUT2D eigenvalue weighted by Gasteiger charge is -2.12. The summed E-state index contributed by atoms with van der Waals surface area (Å²) in [6, 6.07) is 22.6. The molecule has 1 amide bonds. The molecule has 3 aromatic carbocycles. The van der Waals surface area contributed by atoms with Crippen LogP contribution in [0, 0.1) is 5.92 Å². The van der Waals surface area contributed by atoms with E-state index in [9.17, 15) is 14.4 Å². The lowest BCUT2D eigenvalue weighted by Crippen LogP contribution is -2.22. The number of nitrogens with one attached hydrogen (secondary N) is 2. The van der Waals surface area contributed by atoms with E-state index in [1.165, 1.54) is 29.2 Å². The van der Waals surface area contributed by atoms with E-state index in [-0.39, 0.29) is 5.91 Å². The summed E-state index contributed by atoms with van der Waals surface area (Å²) >= 11 is 0. The average Bonchev–Trinajstić information content (AvgIpc) is 3.76. The molecule has 0 spiro atoms. The number of rotatable bonds is 11. The van der Waals surface area contributed by atoms with Crippen molar-refractivity contribution in [3.8, 4) is 0 Å². The molecule has 1 fully saturated rings. The Balaban J connectivity index is 0.000000309. The zero-order valence-corrected chi connectivity index (χ0v) is 27.5. The van der Waals surface area contributed by atoms with Crippen molar-refractivity contribution >= 4 is 29.3 Å². The second-order valence-corrected chi connectivity index (χ2v) is 11.9. The Bertz CT molecular complexity index is 1270. The van der Waals surface area contributed by atoms with Crippen LogP contribution in [-0.4, -0.2) is 32.1 Å². The van der Waals surface area contributed by atoms with Crippen LogP contribution in [0.25, 0.3) is 10.8 Å². The fourth-order valence-electron chi connectivity index (χ4n) is 4.26. The summed E-state index contributed by atoms with van der Waals surface area (Å²) in [5.74, 6) is 0.859. The maximum Gasteiger partial charge on any atom is 0.220 e. The number of benzene rings is 3. The summed E-state index contributed by atoms with van der Waals surface area (Å²) in [7, 11) is 1.87. The first-order valence-corrected chi connectivity index (χ1v) is 15.7. The first kappa shape index (κ1) is 37.5. The first-order valence-electron chi connectivity index (χ1n) is 15.7. The van der Waals surface area contributed by atoms with Crippen LogP contribution >= 0.6 is 0 Å². The second kappa shape index (κ2) is 21.2. The van der Waals surface area contributed by atoms with Crippen LogP contribution in [-0.2, 0) is 21.5 Å². The van der Waals surface area contributed by atoms with E-state index < -0.39 is 0 Å². The molecule has 1 aliphatic rings. The van der Waals surface area contributed by atoms with E-state index in [0.29, 0.717) is 23.9 Å². The van der Waals surface area contributed by atoms with Crippen LogP contribution < -0.4 is 10.6 Å². The summed E-state index contributed by atoms with van der Waals surface area (Å²) in [5, 5.41) is 8.55. The highest BCUT2D eigenvalue weighted by Crippen LogP contribution is 2.49. The molecule has 5 nitrogen and oxygen atoms in total. The van der Waals surface area contributed by atoms with Gasteiger partial charge in [0, 0.05) is 25.1 Å². The van der Waals surface area contributed by atoms with Gasteiger partial charge in [0.2, 0.25) is 5.91 Å². The third kappa shape index (κ3) is 14.9. The zero-order chi connectivity index (χ0) is 32.1. The molecule has 0 atom stereocenters. The van der Waals surface area contributed by atoms with Crippen LogP contribution in [0.3, 0.4) is 0 Å². The normalized spacial score (nSPS) is 12.9. The van der Waals surface area contributed by atoms with Gasteiger partial charge in [-0.1, -0.05) is 121 Å². The molecule has 4 rings (SSSR count). The second-order valence-electron chi connectivity index (χ2n) is 11.9. The third-order valence-electron chi connectivity index (χ3n) is 6.83. The SMILES string of the molecule is CC(C)C.CC1(c2cccc3ccccc23)CC1.CCC/C(C=O)=C\CNC.CCCC(=O)NCc1ccccc1C=O. The molecule has 0 aromatic heterocycles. The molecular weight excluding hydrogens is 532 g/mol. The van der Waals surface area contributed by atoms with Crippen LogP contribution in [0.15, 0.2) is 78.4 Å². The Labute approximate surface area is 260 Å². The van der Waals surface area contributed by atoms with Crippen molar-refractivity contribution in [2.75, 3.05) is 13.6 Å². The number of carbonyl (C=O) groups is 3. The van der Waals surface area contributed by atoms with E-state index in [1.807, 2.05) is 32.2 Å².